The maximum Gasteiger partial charge on any atom is 0.456 e. The first-order valence-corrected chi connectivity index (χ1v) is 5.25. The number of aryl methyl sites for hydroxylation is 2. The Hall–Kier alpha value is -0.880. The van der Waals surface area contributed by atoms with Crippen LogP contribution in [0.4, 0.5) is 22.0 Å². The van der Waals surface area contributed by atoms with E-state index in [1.807, 2.05) is 0 Å². The largest absolute Gasteiger partial charge is 0.456 e. The van der Waals surface area contributed by atoms with Gasteiger partial charge in [0.25, 0.3) is 0 Å². The number of rotatable bonds is 2. The van der Waals surface area contributed by atoms with E-state index in [1.165, 1.54) is 13.0 Å². The van der Waals surface area contributed by atoms with E-state index in [4.69, 9.17) is 11.6 Å². The van der Waals surface area contributed by atoms with Gasteiger partial charge < -0.3 is 5.11 Å². The standard InChI is InChI=1S/C11H10ClF5O/c1-5-3-7(8(12)4-6(5)2)9(18)10(13,14)11(15,16)17/h3-4,9,18H,1-2H3. The number of aliphatic hydroxyl groups is 1. The quantitative estimate of drug-likeness (QED) is 0.809. The highest BCUT2D eigenvalue weighted by Crippen LogP contribution is 2.46. The van der Waals surface area contributed by atoms with Crippen molar-refractivity contribution in [1.82, 2.24) is 0 Å². The van der Waals surface area contributed by atoms with E-state index in [9.17, 15) is 27.1 Å². The van der Waals surface area contributed by atoms with Crippen LogP contribution in [0.2, 0.25) is 5.02 Å². The molecule has 0 heterocycles. The number of benzene rings is 1. The van der Waals surface area contributed by atoms with Crippen LogP contribution in [0.15, 0.2) is 12.1 Å². The first-order valence-electron chi connectivity index (χ1n) is 4.87. The fourth-order valence-corrected chi connectivity index (χ4v) is 1.68. The van der Waals surface area contributed by atoms with E-state index in [0.717, 1.165) is 6.07 Å². The summed E-state index contributed by atoms with van der Waals surface area (Å²) >= 11 is 5.59. The Labute approximate surface area is 105 Å². The monoisotopic (exact) mass is 288 g/mol. The van der Waals surface area contributed by atoms with Crippen molar-refractivity contribution in [1.29, 1.82) is 0 Å². The van der Waals surface area contributed by atoms with Gasteiger partial charge >= 0.3 is 12.1 Å². The Morgan fingerprint density at radius 2 is 1.50 bits per heavy atom. The lowest BCUT2D eigenvalue weighted by Crippen LogP contribution is -2.42. The van der Waals surface area contributed by atoms with Crippen LogP contribution in [0.1, 0.15) is 22.8 Å². The molecule has 0 aliphatic carbocycles. The molecular formula is C11H10ClF5O. The number of alkyl halides is 5. The molecule has 1 aromatic rings. The maximum absolute atomic E-state index is 13.0. The topological polar surface area (TPSA) is 20.2 Å². The molecule has 1 atom stereocenters. The summed E-state index contributed by atoms with van der Waals surface area (Å²) < 4.78 is 62.4. The zero-order chi connectivity index (χ0) is 14.3. The predicted molar refractivity (Wildman–Crippen MR) is 56.9 cm³/mol. The van der Waals surface area contributed by atoms with E-state index < -0.39 is 23.8 Å². The van der Waals surface area contributed by atoms with Crippen LogP contribution in [-0.2, 0) is 0 Å². The van der Waals surface area contributed by atoms with Crippen LogP contribution in [0.3, 0.4) is 0 Å². The molecule has 7 heteroatoms. The van der Waals surface area contributed by atoms with Crippen LogP contribution in [0.25, 0.3) is 0 Å². The van der Waals surface area contributed by atoms with Crippen molar-refractivity contribution in [2.24, 2.45) is 0 Å². The summed E-state index contributed by atoms with van der Waals surface area (Å²) in [4.78, 5) is 0. The van der Waals surface area contributed by atoms with Gasteiger partial charge in [0.05, 0.1) is 0 Å². The molecule has 1 nitrogen and oxygen atoms in total. The van der Waals surface area contributed by atoms with Crippen LogP contribution in [0, 0.1) is 13.8 Å². The third-order valence-electron chi connectivity index (χ3n) is 2.63. The van der Waals surface area contributed by atoms with E-state index in [-0.39, 0.29) is 5.02 Å². The smallest absolute Gasteiger partial charge is 0.382 e. The van der Waals surface area contributed by atoms with Crippen molar-refractivity contribution in [2.45, 2.75) is 32.1 Å². The van der Waals surface area contributed by atoms with Gasteiger partial charge in [-0.05, 0) is 31.0 Å². The molecule has 0 saturated carbocycles. The molecular weight excluding hydrogens is 279 g/mol. The number of hydrogen-bond acceptors (Lipinski definition) is 1. The zero-order valence-corrected chi connectivity index (χ0v) is 10.2. The summed E-state index contributed by atoms with van der Waals surface area (Å²) in [7, 11) is 0. The van der Waals surface area contributed by atoms with E-state index >= 15 is 0 Å². The molecule has 0 bridgehead atoms. The summed E-state index contributed by atoms with van der Waals surface area (Å²) in [5, 5.41) is 8.90. The second-order valence-electron chi connectivity index (χ2n) is 3.98. The Balaban J connectivity index is 3.27. The molecule has 0 radical (unpaired) electrons. The van der Waals surface area contributed by atoms with Crippen molar-refractivity contribution in [3.8, 4) is 0 Å². The van der Waals surface area contributed by atoms with Crippen molar-refractivity contribution in [2.75, 3.05) is 0 Å². The van der Waals surface area contributed by atoms with Crippen LogP contribution in [-0.4, -0.2) is 17.2 Å². The molecule has 102 valence electrons. The Morgan fingerprint density at radius 1 is 1.06 bits per heavy atom. The fourth-order valence-electron chi connectivity index (χ4n) is 1.36. The van der Waals surface area contributed by atoms with Gasteiger partial charge in [0.1, 0.15) is 0 Å². The zero-order valence-electron chi connectivity index (χ0n) is 9.45. The van der Waals surface area contributed by atoms with Gasteiger partial charge in [0, 0.05) is 10.6 Å². The van der Waals surface area contributed by atoms with Gasteiger partial charge in [0.2, 0.25) is 0 Å². The Bertz CT molecular complexity index is 455. The molecule has 1 N–H and O–H groups in total. The molecule has 1 aromatic carbocycles. The minimum Gasteiger partial charge on any atom is -0.382 e. The summed E-state index contributed by atoms with van der Waals surface area (Å²) in [6, 6.07) is 2.27. The second-order valence-corrected chi connectivity index (χ2v) is 4.39. The lowest BCUT2D eigenvalue weighted by atomic mass is 9.98. The minimum atomic E-state index is -5.84. The Kier molecular flexibility index (Phi) is 3.93. The van der Waals surface area contributed by atoms with E-state index in [2.05, 4.69) is 0 Å². The third kappa shape index (κ3) is 2.59. The Morgan fingerprint density at radius 3 is 1.94 bits per heavy atom. The SMILES string of the molecule is Cc1cc(Cl)c(C(O)C(F)(F)C(F)(F)F)cc1C. The predicted octanol–water partition coefficient (Wildman–Crippen LogP) is 4.19. The van der Waals surface area contributed by atoms with Crippen molar-refractivity contribution in [3.05, 3.63) is 33.8 Å². The number of hydrogen-bond donors (Lipinski definition) is 1. The van der Waals surface area contributed by atoms with Crippen LogP contribution >= 0.6 is 11.6 Å². The molecule has 0 fully saturated rings. The third-order valence-corrected chi connectivity index (χ3v) is 2.96. The maximum atomic E-state index is 13.0. The summed E-state index contributed by atoms with van der Waals surface area (Å²) in [6.07, 6.45) is -8.86. The lowest BCUT2D eigenvalue weighted by molar-refractivity contribution is -0.315. The van der Waals surface area contributed by atoms with Crippen molar-refractivity contribution in [3.63, 3.8) is 0 Å². The highest BCUT2D eigenvalue weighted by Gasteiger charge is 2.62. The van der Waals surface area contributed by atoms with Gasteiger partial charge in [-0.15, -0.1) is 0 Å². The molecule has 0 spiro atoms. The van der Waals surface area contributed by atoms with Gasteiger partial charge in [-0.3, -0.25) is 0 Å². The van der Waals surface area contributed by atoms with Crippen LogP contribution in [0.5, 0.6) is 0 Å². The highest BCUT2D eigenvalue weighted by molar-refractivity contribution is 6.31. The lowest BCUT2D eigenvalue weighted by Gasteiger charge is -2.26. The summed E-state index contributed by atoms with van der Waals surface area (Å²) in [5.41, 5.74) is 0.458. The molecule has 0 saturated heterocycles. The van der Waals surface area contributed by atoms with Gasteiger partial charge in [-0.25, -0.2) is 0 Å². The summed E-state index contributed by atoms with van der Waals surface area (Å²) in [6.45, 7) is 3.15. The molecule has 0 aromatic heterocycles. The molecule has 1 rings (SSSR count). The highest BCUT2D eigenvalue weighted by atomic mass is 35.5. The number of aliphatic hydroxyl groups excluding tert-OH is 1. The van der Waals surface area contributed by atoms with Gasteiger partial charge in [0.15, 0.2) is 6.10 Å². The van der Waals surface area contributed by atoms with Gasteiger partial charge in [-0.2, -0.15) is 22.0 Å². The number of halogens is 6. The first kappa shape index (κ1) is 15.2. The van der Waals surface area contributed by atoms with E-state index in [0.29, 0.717) is 11.1 Å². The second kappa shape index (κ2) is 4.66. The molecule has 0 amide bonds. The van der Waals surface area contributed by atoms with E-state index in [1.54, 1.807) is 6.92 Å². The normalized spacial score (nSPS) is 14.7. The molecule has 0 aliphatic rings. The molecule has 1 unspecified atom stereocenters. The minimum absolute atomic E-state index is 0.325. The fraction of sp³-hybridized carbons (Fsp3) is 0.455. The molecule has 18 heavy (non-hydrogen) atoms. The average molecular weight is 289 g/mol. The first-order chi connectivity index (χ1) is 7.98. The van der Waals surface area contributed by atoms with Crippen LogP contribution < -0.4 is 0 Å². The van der Waals surface area contributed by atoms with Crippen molar-refractivity contribution >= 4 is 11.6 Å². The summed E-state index contributed by atoms with van der Waals surface area (Å²) in [5.74, 6) is -5.25. The van der Waals surface area contributed by atoms with Crippen molar-refractivity contribution < 1.29 is 27.1 Å². The average Bonchev–Trinajstić information content (AvgIpc) is 2.20. The molecule has 0 aliphatic heterocycles. The van der Waals surface area contributed by atoms with Gasteiger partial charge in [-0.1, -0.05) is 17.7 Å².